The molecule has 1 amide bonds. The van der Waals surface area contributed by atoms with Gasteiger partial charge in [0.25, 0.3) is 0 Å². The Morgan fingerprint density at radius 3 is 2.33 bits per heavy atom. The number of amides is 1. The number of ether oxygens (including phenoxy) is 2. The molecule has 1 unspecified atom stereocenters. The van der Waals surface area contributed by atoms with E-state index in [1.807, 2.05) is 54.6 Å². The summed E-state index contributed by atoms with van der Waals surface area (Å²) in [6, 6.07) is 16.9. The minimum absolute atomic E-state index is 0. The van der Waals surface area contributed by atoms with Gasteiger partial charge in [0.1, 0.15) is 18.4 Å². The Balaban J connectivity index is 0.00000288. The summed E-state index contributed by atoms with van der Waals surface area (Å²) in [5.41, 5.74) is 7.73. The van der Waals surface area contributed by atoms with Gasteiger partial charge in [-0.15, -0.1) is 12.4 Å². The quantitative estimate of drug-likeness (QED) is 0.766. The minimum Gasteiger partial charge on any atom is -0.489 e. The second-order valence-corrected chi connectivity index (χ2v) is 5.20. The number of carbonyl (C=O) groups is 1. The highest BCUT2D eigenvalue weighted by Gasteiger charge is 2.12. The number of benzene rings is 2. The van der Waals surface area contributed by atoms with Gasteiger partial charge < -0.3 is 20.5 Å². The lowest BCUT2D eigenvalue weighted by atomic mass is 10.1. The lowest BCUT2D eigenvalue weighted by Gasteiger charge is -2.11. The van der Waals surface area contributed by atoms with Crippen molar-refractivity contribution in [1.29, 1.82) is 0 Å². The Labute approximate surface area is 148 Å². The number of nitrogens with two attached hydrogens (primary N) is 1. The first kappa shape index (κ1) is 20.0. The second kappa shape index (κ2) is 10.6. The maximum atomic E-state index is 11.7. The standard InChI is InChI=1S/C18H22N2O3.ClH/c1-22-13-17(19)18(21)20-11-14-7-9-15(10-8-14)12-23-16-5-3-2-4-6-16;/h2-10,17H,11-13,19H2,1H3,(H,20,21);1H. The highest BCUT2D eigenvalue weighted by Crippen LogP contribution is 2.12. The van der Waals surface area contributed by atoms with E-state index in [9.17, 15) is 4.79 Å². The van der Waals surface area contributed by atoms with E-state index < -0.39 is 6.04 Å². The van der Waals surface area contributed by atoms with Gasteiger partial charge in [-0.1, -0.05) is 42.5 Å². The van der Waals surface area contributed by atoms with Crippen LogP contribution in [-0.4, -0.2) is 25.7 Å². The molecule has 2 aromatic carbocycles. The van der Waals surface area contributed by atoms with E-state index in [1.54, 1.807) is 0 Å². The molecule has 0 aliphatic carbocycles. The number of nitrogens with one attached hydrogen (secondary N) is 1. The van der Waals surface area contributed by atoms with E-state index >= 15 is 0 Å². The molecule has 0 radical (unpaired) electrons. The average molecular weight is 351 g/mol. The van der Waals surface area contributed by atoms with Gasteiger partial charge in [0, 0.05) is 13.7 Å². The zero-order chi connectivity index (χ0) is 16.5. The van der Waals surface area contributed by atoms with Crippen molar-refractivity contribution in [2.45, 2.75) is 19.2 Å². The summed E-state index contributed by atoms with van der Waals surface area (Å²) in [4.78, 5) is 11.7. The molecule has 0 fully saturated rings. The summed E-state index contributed by atoms with van der Waals surface area (Å²) in [5.74, 6) is 0.624. The monoisotopic (exact) mass is 350 g/mol. The Hall–Kier alpha value is -2.08. The first-order valence-corrected chi connectivity index (χ1v) is 7.47. The molecule has 6 heteroatoms. The van der Waals surface area contributed by atoms with Crippen molar-refractivity contribution in [3.05, 3.63) is 65.7 Å². The molecule has 3 N–H and O–H groups in total. The number of hydrogen-bond acceptors (Lipinski definition) is 4. The largest absolute Gasteiger partial charge is 0.489 e. The van der Waals surface area contributed by atoms with E-state index in [2.05, 4.69) is 5.32 Å². The zero-order valence-electron chi connectivity index (χ0n) is 13.6. The number of halogens is 1. The second-order valence-electron chi connectivity index (χ2n) is 5.20. The summed E-state index contributed by atoms with van der Waals surface area (Å²) < 4.78 is 10.5. The van der Waals surface area contributed by atoms with Crippen LogP contribution in [0.2, 0.25) is 0 Å². The third-order valence-electron chi connectivity index (χ3n) is 3.32. The molecule has 0 aliphatic rings. The maximum absolute atomic E-state index is 11.7. The average Bonchev–Trinajstić information content (AvgIpc) is 2.60. The summed E-state index contributed by atoms with van der Waals surface area (Å²) in [5, 5.41) is 2.79. The molecule has 2 aromatic rings. The van der Waals surface area contributed by atoms with Crippen LogP contribution in [-0.2, 0) is 22.7 Å². The third-order valence-corrected chi connectivity index (χ3v) is 3.32. The molecule has 0 heterocycles. The summed E-state index contributed by atoms with van der Waals surface area (Å²) >= 11 is 0. The number of para-hydroxylation sites is 1. The lowest BCUT2D eigenvalue weighted by molar-refractivity contribution is -0.123. The Morgan fingerprint density at radius 2 is 1.71 bits per heavy atom. The van der Waals surface area contributed by atoms with Gasteiger partial charge in [-0.25, -0.2) is 0 Å². The van der Waals surface area contributed by atoms with Crippen LogP contribution >= 0.6 is 12.4 Å². The third kappa shape index (κ3) is 6.58. The molecule has 24 heavy (non-hydrogen) atoms. The van der Waals surface area contributed by atoms with E-state index in [0.717, 1.165) is 16.9 Å². The molecule has 130 valence electrons. The summed E-state index contributed by atoms with van der Waals surface area (Å²) in [6.07, 6.45) is 0. The van der Waals surface area contributed by atoms with Crippen LogP contribution in [0.3, 0.4) is 0 Å². The van der Waals surface area contributed by atoms with Gasteiger partial charge >= 0.3 is 0 Å². The Bertz CT molecular complexity index is 605. The van der Waals surface area contributed by atoms with E-state index in [0.29, 0.717) is 13.2 Å². The van der Waals surface area contributed by atoms with Gasteiger partial charge in [-0.05, 0) is 23.3 Å². The fraction of sp³-hybridized carbons (Fsp3) is 0.278. The Kier molecular flexibility index (Phi) is 8.86. The van der Waals surface area contributed by atoms with Crippen LogP contribution in [0.4, 0.5) is 0 Å². The van der Waals surface area contributed by atoms with Gasteiger partial charge in [0.2, 0.25) is 5.91 Å². The van der Waals surface area contributed by atoms with Crippen molar-refractivity contribution in [3.8, 4) is 5.75 Å². The van der Waals surface area contributed by atoms with Crippen LogP contribution in [0, 0.1) is 0 Å². The first-order chi connectivity index (χ1) is 11.2. The van der Waals surface area contributed by atoms with Crippen molar-refractivity contribution in [2.24, 2.45) is 5.73 Å². The van der Waals surface area contributed by atoms with Gasteiger partial charge in [0.15, 0.2) is 0 Å². The van der Waals surface area contributed by atoms with E-state index in [1.165, 1.54) is 7.11 Å². The Morgan fingerprint density at radius 1 is 1.08 bits per heavy atom. The molecular weight excluding hydrogens is 328 g/mol. The molecule has 0 aromatic heterocycles. The number of hydrogen-bond donors (Lipinski definition) is 2. The minimum atomic E-state index is -0.640. The smallest absolute Gasteiger partial charge is 0.239 e. The fourth-order valence-corrected chi connectivity index (χ4v) is 2.01. The molecular formula is C18H23ClN2O3. The normalized spacial score (nSPS) is 11.2. The van der Waals surface area contributed by atoms with Crippen LogP contribution in [0.15, 0.2) is 54.6 Å². The van der Waals surface area contributed by atoms with Crippen molar-refractivity contribution in [3.63, 3.8) is 0 Å². The van der Waals surface area contributed by atoms with E-state index in [4.69, 9.17) is 15.2 Å². The van der Waals surface area contributed by atoms with Crippen molar-refractivity contribution < 1.29 is 14.3 Å². The zero-order valence-corrected chi connectivity index (χ0v) is 14.4. The van der Waals surface area contributed by atoms with Crippen LogP contribution in [0.25, 0.3) is 0 Å². The van der Waals surface area contributed by atoms with Gasteiger partial charge in [-0.2, -0.15) is 0 Å². The van der Waals surface area contributed by atoms with Gasteiger partial charge in [-0.3, -0.25) is 4.79 Å². The van der Waals surface area contributed by atoms with E-state index in [-0.39, 0.29) is 24.9 Å². The van der Waals surface area contributed by atoms with Crippen molar-refractivity contribution >= 4 is 18.3 Å². The van der Waals surface area contributed by atoms with Crippen molar-refractivity contribution in [1.82, 2.24) is 5.32 Å². The predicted octanol–water partition coefficient (Wildman–Crippen LogP) is 2.28. The van der Waals surface area contributed by atoms with Crippen LogP contribution in [0.1, 0.15) is 11.1 Å². The van der Waals surface area contributed by atoms with Crippen LogP contribution in [0.5, 0.6) is 5.75 Å². The fourth-order valence-electron chi connectivity index (χ4n) is 2.01. The van der Waals surface area contributed by atoms with Crippen molar-refractivity contribution in [2.75, 3.05) is 13.7 Å². The lowest BCUT2D eigenvalue weighted by Crippen LogP contribution is -2.43. The molecule has 2 rings (SSSR count). The number of carbonyl (C=O) groups excluding carboxylic acids is 1. The number of methoxy groups -OCH3 is 1. The SMILES string of the molecule is COCC(N)C(=O)NCc1ccc(COc2ccccc2)cc1.Cl. The molecule has 0 saturated carbocycles. The summed E-state index contributed by atoms with van der Waals surface area (Å²) in [7, 11) is 1.52. The molecule has 0 bridgehead atoms. The molecule has 0 aliphatic heterocycles. The maximum Gasteiger partial charge on any atom is 0.239 e. The number of rotatable bonds is 8. The molecule has 1 atom stereocenters. The molecule has 0 spiro atoms. The first-order valence-electron chi connectivity index (χ1n) is 7.47. The van der Waals surface area contributed by atoms with Crippen LogP contribution < -0.4 is 15.8 Å². The molecule has 0 saturated heterocycles. The highest BCUT2D eigenvalue weighted by atomic mass is 35.5. The summed E-state index contributed by atoms with van der Waals surface area (Å²) in [6.45, 7) is 1.16. The molecule has 5 nitrogen and oxygen atoms in total. The highest BCUT2D eigenvalue weighted by molar-refractivity contribution is 5.85. The topological polar surface area (TPSA) is 73.6 Å². The predicted molar refractivity (Wildman–Crippen MR) is 96.2 cm³/mol. The van der Waals surface area contributed by atoms with Gasteiger partial charge in [0.05, 0.1) is 6.61 Å².